The van der Waals surface area contributed by atoms with E-state index in [1.165, 1.54) is 0 Å². The average molecular weight is 308 g/mol. The van der Waals surface area contributed by atoms with Crippen LogP contribution in [0.25, 0.3) is 0 Å². The Balaban J connectivity index is 2.02. The summed E-state index contributed by atoms with van der Waals surface area (Å²) in [6, 6.07) is 7.47. The van der Waals surface area contributed by atoms with Gasteiger partial charge in [-0.2, -0.15) is 0 Å². The average Bonchev–Trinajstić information content (AvgIpc) is 2.76. The number of furan rings is 1. The summed E-state index contributed by atoms with van der Waals surface area (Å²) in [5.74, 6) is 2.28. The van der Waals surface area contributed by atoms with Gasteiger partial charge in [0.2, 0.25) is 0 Å². The van der Waals surface area contributed by atoms with Crippen LogP contribution in [0.3, 0.4) is 0 Å². The SMILES string of the molecule is Cc1cc(C(=O)N2CCSc3ccc(Cl)cc32)c(C)o1. The molecule has 1 aliphatic heterocycles. The molecule has 0 radical (unpaired) electrons. The van der Waals surface area contributed by atoms with Gasteiger partial charge in [0.1, 0.15) is 11.5 Å². The molecule has 2 heterocycles. The Bertz CT molecular complexity index is 681. The van der Waals surface area contributed by atoms with E-state index in [1.54, 1.807) is 22.7 Å². The van der Waals surface area contributed by atoms with Crippen LogP contribution in [0, 0.1) is 13.8 Å². The lowest BCUT2D eigenvalue weighted by molar-refractivity contribution is 0.0986. The highest BCUT2D eigenvalue weighted by molar-refractivity contribution is 7.99. The number of thioether (sulfide) groups is 1. The van der Waals surface area contributed by atoms with Crippen molar-refractivity contribution in [3.63, 3.8) is 0 Å². The normalized spacial score (nSPS) is 14.2. The third kappa shape index (κ3) is 2.34. The first kappa shape index (κ1) is 13.6. The van der Waals surface area contributed by atoms with E-state index in [0.717, 1.165) is 22.1 Å². The second-order valence-corrected chi connectivity index (χ2v) is 6.32. The molecule has 1 aromatic heterocycles. The fourth-order valence-corrected chi connectivity index (χ4v) is 3.53. The van der Waals surface area contributed by atoms with Crippen LogP contribution >= 0.6 is 23.4 Å². The van der Waals surface area contributed by atoms with E-state index in [9.17, 15) is 4.79 Å². The lowest BCUT2D eigenvalue weighted by Crippen LogP contribution is -2.35. The number of hydrogen-bond donors (Lipinski definition) is 0. The second-order valence-electron chi connectivity index (χ2n) is 4.74. The van der Waals surface area contributed by atoms with E-state index >= 15 is 0 Å². The van der Waals surface area contributed by atoms with E-state index in [0.29, 0.717) is 22.9 Å². The number of amides is 1. The number of aryl methyl sites for hydroxylation is 2. The van der Waals surface area contributed by atoms with Crippen molar-refractivity contribution in [3.05, 3.63) is 46.4 Å². The third-order valence-electron chi connectivity index (χ3n) is 3.30. The van der Waals surface area contributed by atoms with E-state index in [2.05, 4.69) is 0 Å². The smallest absolute Gasteiger partial charge is 0.261 e. The van der Waals surface area contributed by atoms with E-state index < -0.39 is 0 Å². The Kier molecular flexibility index (Phi) is 3.52. The maximum Gasteiger partial charge on any atom is 0.261 e. The second kappa shape index (κ2) is 5.19. The lowest BCUT2D eigenvalue weighted by Gasteiger charge is -2.29. The van der Waals surface area contributed by atoms with Gasteiger partial charge in [-0.15, -0.1) is 11.8 Å². The molecule has 20 heavy (non-hydrogen) atoms. The van der Waals surface area contributed by atoms with Gasteiger partial charge in [0.25, 0.3) is 5.91 Å². The Labute approximate surface area is 126 Å². The lowest BCUT2D eigenvalue weighted by atomic mass is 10.2. The first-order chi connectivity index (χ1) is 9.56. The van der Waals surface area contributed by atoms with Gasteiger partial charge < -0.3 is 9.32 Å². The Morgan fingerprint density at radius 2 is 2.15 bits per heavy atom. The molecule has 0 unspecified atom stereocenters. The van der Waals surface area contributed by atoms with Gasteiger partial charge in [0.15, 0.2) is 0 Å². The fourth-order valence-electron chi connectivity index (χ4n) is 2.39. The van der Waals surface area contributed by atoms with Crippen molar-refractivity contribution >= 4 is 35.0 Å². The quantitative estimate of drug-likeness (QED) is 0.787. The Morgan fingerprint density at radius 3 is 2.85 bits per heavy atom. The minimum atomic E-state index is -0.0248. The highest BCUT2D eigenvalue weighted by Gasteiger charge is 2.26. The van der Waals surface area contributed by atoms with Crippen molar-refractivity contribution in [1.29, 1.82) is 0 Å². The van der Waals surface area contributed by atoms with Crippen molar-refractivity contribution in [2.75, 3.05) is 17.2 Å². The summed E-state index contributed by atoms with van der Waals surface area (Å²) in [5.41, 5.74) is 1.51. The standard InChI is InChI=1S/C15H14ClNO2S/c1-9-7-12(10(2)19-9)15(18)17-5-6-20-14-4-3-11(16)8-13(14)17/h3-4,7-8H,5-6H2,1-2H3. The molecule has 3 nitrogen and oxygen atoms in total. The zero-order valence-electron chi connectivity index (χ0n) is 11.3. The molecule has 0 saturated carbocycles. The van der Waals surface area contributed by atoms with Crippen LogP contribution < -0.4 is 4.90 Å². The summed E-state index contributed by atoms with van der Waals surface area (Å²) in [6.45, 7) is 4.35. The molecule has 0 spiro atoms. The van der Waals surface area contributed by atoms with Crippen LogP contribution in [0.2, 0.25) is 5.02 Å². The largest absolute Gasteiger partial charge is 0.466 e. The molecule has 1 aromatic carbocycles. The fraction of sp³-hybridized carbons (Fsp3) is 0.267. The zero-order valence-corrected chi connectivity index (χ0v) is 12.8. The van der Waals surface area contributed by atoms with Crippen molar-refractivity contribution in [3.8, 4) is 0 Å². The van der Waals surface area contributed by atoms with Crippen LogP contribution in [-0.2, 0) is 0 Å². The van der Waals surface area contributed by atoms with Crippen molar-refractivity contribution < 1.29 is 9.21 Å². The summed E-state index contributed by atoms with van der Waals surface area (Å²) in [5, 5.41) is 0.643. The molecular weight excluding hydrogens is 294 g/mol. The number of halogens is 1. The summed E-state index contributed by atoms with van der Waals surface area (Å²) < 4.78 is 5.46. The van der Waals surface area contributed by atoms with Crippen LogP contribution in [0.1, 0.15) is 21.9 Å². The number of anilines is 1. The monoisotopic (exact) mass is 307 g/mol. The van der Waals surface area contributed by atoms with Crippen molar-refractivity contribution in [2.24, 2.45) is 0 Å². The maximum atomic E-state index is 12.7. The number of carbonyl (C=O) groups excluding carboxylic acids is 1. The molecule has 0 saturated heterocycles. The van der Waals surface area contributed by atoms with Gasteiger partial charge in [-0.3, -0.25) is 4.79 Å². The third-order valence-corrected chi connectivity index (χ3v) is 4.58. The van der Waals surface area contributed by atoms with Crippen LogP contribution in [0.5, 0.6) is 0 Å². The van der Waals surface area contributed by atoms with Crippen LogP contribution in [0.4, 0.5) is 5.69 Å². The van der Waals surface area contributed by atoms with E-state index in [-0.39, 0.29) is 5.91 Å². The highest BCUT2D eigenvalue weighted by atomic mass is 35.5. The van der Waals surface area contributed by atoms with Gasteiger partial charge in [-0.1, -0.05) is 11.6 Å². The van der Waals surface area contributed by atoms with Gasteiger partial charge in [-0.25, -0.2) is 0 Å². The molecule has 3 rings (SSSR count). The minimum absolute atomic E-state index is 0.0248. The maximum absolute atomic E-state index is 12.7. The van der Waals surface area contributed by atoms with Crippen LogP contribution in [0.15, 0.2) is 33.6 Å². The summed E-state index contributed by atoms with van der Waals surface area (Å²) in [4.78, 5) is 15.6. The molecular formula is C15H14ClNO2S. The molecule has 0 aliphatic carbocycles. The Morgan fingerprint density at radius 1 is 1.35 bits per heavy atom. The predicted octanol–water partition coefficient (Wildman–Crippen LogP) is 4.30. The Hall–Kier alpha value is -1.39. The molecule has 5 heteroatoms. The minimum Gasteiger partial charge on any atom is -0.466 e. The number of fused-ring (bicyclic) bond motifs is 1. The first-order valence-electron chi connectivity index (χ1n) is 6.37. The van der Waals surface area contributed by atoms with Crippen molar-refractivity contribution in [2.45, 2.75) is 18.7 Å². The number of hydrogen-bond acceptors (Lipinski definition) is 3. The molecule has 1 amide bonds. The number of benzene rings is 1. The van der Waals surface area contributed by atoms with E-state index in [4.69, 9.17) is 16.0 Å². The van der Waals surface area contributed by atoms with Crippen molar-refractivity contribution in [1.82, 2.24) is 0 Å². The first-order valence-corrected chi connectivity index (χ1v) is 7.74. The number of nitrogens with zero attached hydrogens (tertiary/aromatic N) is 1. The summed E-state index contributed by atoms with van der Waals surface area (Å²) in [6.07, 6.45) is 0. The number of carbonyl (C=O) groups is 1. The highest BCUT2D eigenvalue weighted by Crippen LogP contribution is 2.37. The molecule has 104 valence electrons. The molecule has 1 aliphatic rings. The molecule has 0 N–H and O–H groups in total. The molecule has 0 fully saturated rings. The summed E-state index contributed by atoms with van der Waals surface area (Å²) in [7, 11) is 0. The van der Waals surface area contributed by atoms with Gasteiger partial charge in [-0.05, 0) is 38.1 Å². The zero-order chi connectivity index (χ0) is 14.3. The molecule has 0 bridgehead atoms. The predicted molar refractivity (Wildman–Crippen MR) is 82.0 cm³/mol. The van der Waals surface area contributed by atoms with Crippen LogP contribution in [-0.4, -0.2) is 18.2 Å². The van der Waals surface area contributed by atoms with Gasteiger partial charge in [0, 0.05) is 22.2 Å². The van der Waals surface area contributed by atoms with Gasteiger partial charge >= 0.3 is 0 Å². The molecule has 0 atom stereocenters. The molecule has 2 aromatic rings. The summed E-state index contributed by atoms with van der Waals surface area (Å²) >= 11 is 7.81. The topological polar surface area (TPSA) is 33.5 Å². The number of rotatable bonds is 1. The van der Waals surface area contributed by atoms with E-state index in [1.807, 2.05) is 32.0 Å². The van der Waals surface area contributed by atoms with Gasteiger partial charge in [0.05, 0.1) is 11.3 Å².